The van der Waals surface area contributed by atoms with Gasteiger partial charge in [0.1, 0.15) is 0 Å². The molecule has 0 fully saturated rings. The molecule has 0 heterocycles. The van der Waals surface area contributed by atoms with Gasteiger partial charge in [-0.3, -0.25) is 0 Å². The zero-order chi connectivity index (χ0) is 9.56. The SMILES string of the molecule is CC(C)N(C)C(C)C[Xe]N=[N+]=[N-]. The molecule has 4 nitrogen and oxygen atoms in total. The first-order chi connectivity index (χ1) is 5.59. The molecule has 0 amide bonds. The minimum atomic E-state index is -0.144. The summed E-state index contributed by atoms with van der Waals surface area (Å²) in [4.78, 5) is 5.05. The van der Waals surface area contributed by atoms with E-state index in [0.29, 0.717) is 12.1 Å². The van der Waals surface area contributed by atoms with Gasteiger partial charge < -0.3 is 0 Å². The second kappa shape index (κ2) is 7.26. The Morgan fingerprint density at radius 2 is 2.08 bits per heavy atom. The van der Waals surface area contributed by atoms with Gasteiger partial charge in [-0.25, -0.2) is 0 Å². The van der Waals surface area contributed by atoms with E-state index in [1.165, 1.54) is 0 Å². The summed E-state index contributed by atoms with van der Waals surface area (Å²) in [5.41, 5.74) is 8.09. The fourth-order valence-corrected chi connectivity index (χ4v) is 2.16. The van der Waals surface area contributed by atoms with Gasteiger partial charge in [-0.1, -0.05) is 0 Å². The molecule has 0 saturated carbocycles. The molecule has 0 bridgehead atoms. The molecule has 72 valence electrons. The fourth-order valence-electron chi connectivity index (χ4n) is 0.755. The summed E-state index contributed by atoms with van der Waals surface area (Å²) in [7, 11) is 2.10. The summed E-state index contributed by atoms with van der Waals surface area (Å²) in [5, 5.41) is 0. The molecule has 0 saturated heterocycles. The van der Waals surface area contributed by atoms with Crippen LogP contribution in [0.15, 0.2) is 0.127 Å². The standard InChI is InChI=1S/C7H16N4Xe/c1-6(2)11(4)7(3)5-12-10-9-8/h6-7H,5H2,1-4H3. The van der Waals surface area contributed by atoms with Crippen LogP contribution in [0.5, 0.6) is 0 Å². The third-order valence-electron chi connectivity index (χ3n) is 1.86. The molecule has 0 aliphatic carbocycles. The topological polar surface area (TPSA) is 52.0 Å². The number of azide groups is 1. The minimum absolute atomic E-state index is 0.144. The van der Waals surface area contributed by atoms with Gasteiger partial charge in [0.05, 0.1) is 0 Å². The van der Waals surface area contributed by atoms with Crippen LogP contribution in [0, 0.1) is 44.6 Å². The van der Waals surface area contributed by atoms with Crippen LogP contribution in [0.1, 0.15) is 20.8 Å². The van der Waals surface area contributed by atoms with Crippen LogP contribution in [0.2, 0.25) is 0.889 Å². The molecule has 0 aliphatic rings. The van der Waals surface area contributed by atoms with E-state index in [1.54, 1.807) is 0 Å². The second-order valence-electron chi connectivity index (χ2n) is 3.02. The predicted octanol–water partition coefficient (Wildman–Crippen LogP) is 2.44. The Labute approximate surface area is 99.5 Å². The average Bonchev–Trinajstić information content (AvgIpc) is 2.03. The van der Waals surface area contributed by atoms with Gasteiger partial charge in [-0.05, 0) is 0 Å². The van der Waals surface area contributed by atoms with Crippen LogP contribution in [0.3, 0.4) is 0 Å². The van der Waals surface area contributed by atoms with Crippen molar-refractivity contribution < 1.29 is 44.6 Å². The Morgan fingerprint density at radius 3 is 2.50 bits per heavy atom. The molecule has 0 aliphatic heterocycles. The van der Waals surface area contributed by atoms with E-state index >= 15 is 0 Å². The van der Waals surface area contributed by atoms with Crippen molar-refractivity contribution >= 4 is 0 Å². The van der Waals surface area contributed by atoms with Crippen molar-refractivity contribution in [1.29, 1.82) is 0 Å². The molecule has 1 unspecified atom stereocenters. The molecule has 12 heavy (non-hydrogen) atoms. The average molecular weight is 288 g/mol. The van der Waals surface area contributed by atoms with Crippen molar-refractivity contribution in [2.75, 3.05) is 7.05 Å². The molecular formula is C7H16N4Xe. The number of rotatable bonds is 5. The van der Waals surface area contributed by atoms with Crippen LogP contribution in [-0.2, 0) is 0 Å². The number of nitrogens with zero attached hydrogens (tertiary/aromatic N) is 4. The maximum atomic E-state index is 8.09. The molecular weight excluding hydrogens is 271 g/mol. The van der Waals surface area contributed by atoms with Crippen LogP contribution in [-0.4, -0.2) is 24.0 Å². The first-order valence-corrected chi connectivity index (χ1v) is 6.24. The maximum absolute atomic E-state index is 8.09. The first-order valence-electron chi connectivity index (χ1n) is 3.91. The van der Waals surface area contributed by atoms with Gasteiger partial charge in [0.15, 0.2) is 0 Å². The monoisotopic (exact) mass is 288 g/mol. The fraction of sp³-hybridized carbons (Fsp3) is 1.00. The molecule has 0 radical (unpaired) electrons. The van der Waals surface area contributed by atoms with Crippen molar-refractivity contribution in [3.63, 3.8) is 0 Å². The summed E-state index contributed by atoms with van der Waals surface area (Å²) in [6, 6.07) is 1.08. The van der Waals surface area contributed by atoms with Crippen LogP contribution in [0.25, 0.3) is 10.4 Å². The first kappa shape index (κ1) is 12.8. The normalized spacial score (nSPS) is 13.5. The van der Waals surface area contributed by atoms with Crippen LogP contribution < -0.4 is 0 Å². The molecule has 1 atom stereocenters. The third kappa shape index (κ3) is 5.48. The van der Waals surface area contributed by atoms with Crippen LogP contribution >= 0.6 is 0 Å². The molecule has 0 aromatic heterocycles. The van der Waals surface area contributed by atoms with Crippen molar-refractivity contribution in [3.05, 3.63) is 10.4 Å². The zero-order valence-corrected chi connectivity index (χ0v) is 10.0. The van der Waals surface area contributed by atoms with E-state index in [9.17, 15) is 0 Å². The summed E-state index contributed by atoms with van der Waals surface area (Å²) in [5.74, 6) is 0. The molecule has 0 rings (SSSR count). The van der Waals surface area contributed by atoms with Gasteiger partial charge in [0, 0.05) is 0 Å². The Morgan fingerprint density at radius 1 is 1.50 bits per heavy atom. The van der Waals surface area contributed by atoms with E-state index < -0.39 is 0 Å². The summed E-state index contributed by atoms with van der Waals surface area (Å²) in [6.07, 6.45) is 0. The molecule has 0 N–H and O–H groups in total. The number of hydrogen-bond acceptors (Lipinski definition) is 2. The summed E-state index contributed by atoms with van der Waals surface area (Å²) in [6.45, 7) is 6.50. The third-order valence-corrected chi connectivity index (χ3v) is 3.89. The van der Waals surface area contributed by atoms with E-state index in [0.717, 1.165) is 0.889 Å². The van der Waals surface area contributed by atoms with E-state index in [2.05, 4.69) is 37.8 Å². The predicted molar refractivity (Wildman–Crippen MR) is 46.3 cm³/mol. The number of hydrogen-bond donors (Lipinski definition) is 0. The zero-order valence-electron chi connectivity index (χ0n) is 8.00. The van der Waals surface area contributed by atoms with Crippen molar-refractivity contribution in [2.24, 2.45) is 0.127 Å². The van der Waals surface area contributed by atoms with Gasteiger partial charge in [0.25, 0.3) is 0 Å². The van der Waals surface area contributed by atoms with Gasteiger partial charge >= 0.3 is 101 Å². The van der Waals surface area contributed by atoms with Crippen molar-refractivity contribution in [2.45, 2.75) is 33.7 Å². The Bertz CT molecular complexity index is 165. The molecule has 0 spiro atoms. The second-order valence-corrected chi connectivity index (χ2v) is 4.89. The van der Waals surface area contributed by atoms with E-state index in [-0.39, 0.29) is 44.6 Å². The van der Waals surface area contributed by atoms with Crippen molar-refractivity contribution in [3.8, 4) is 0 Å². The quantitative estimate of drug-likeness (QED) is 0.435. The summed E-state index contributed by atoms with van der Waals surface area (Å²) < 4.78 is 4.62. The molecule has 5 heteroatoms. The Hall–Kier alpha value is 0.841. The Kier molecular flexibility index (Phi) is 7.77. The van der Waals surface area contributed by atoms with Gasteiger partial charge in [-0.2, -0.15) is 0 Å². The molecule has 0 aromatic rings. The van der Waals surface area contributed by atoms with Gasteiger partial charge in [0.2, 0.25) is 0 Å². The summed E-state index contributed by atoms with van der Waals surface area (Å²) >= 11 is -0.144. The van der Waals surface area contributed by atoms with Crippen LogP contribution in [0.4, 0.5) is 0 Å². The Balaban J connectivity index is 3.70. The van der Waals surface area contributed by atoms with Crippen molar-refractivity contribution in [1.82, 2.24) is 4.90 Å². The van der Waals surface area contributed by atoms with E-state index in [1.807, 2.05) is 0 Å². The molecule has 0 aromatic carbocycles. The van der Waals surface area contributed by atoms with E-state index in [4.69, 9.17) is 5.53 Å². The van der Waals surface area contributed by atoms with Gasteiger partial charge in [-0.15, -0.1) is 0 Å².